The molecule has 0 aliphatic heterocycles. The molecule has 1 aliphatic carbocycles. The maximum Gasteiger partial charge on any atom is 0.201 e. The summed E-state index contributed by atoms with van der Waals surface area (Å²) in [5.41, 5.74) is 10.5. The van der Waals surface area contributed by atoms with Gasteiger partial charge in [0.15, 0.2) is 0 Å². The minimum Gasteiger partial charge on any atom is -0.369 e. The summed E-state index contributed by atoms with van der Waals surface area (Å²) in [7, 11) is 1.83. The average Bonchev–Trinajstić information content (AvgIpc) is 2.66. The number of rotatable bonds is 1. The molecule has 1 aliphatic rings. The number of hydrogen-bond donors (Lipinski definition) is 1. The molecule has 0 saturated carbocycles. The van der Waals surface area contributed by atoms with E-state index >= 15 is 0 Å². The Hall–Kier alpha value is -1.48. The van der Waals surface area contributed by atoms with Crippen LogP contribution >= 0.6 is 11.6 Å². The summed E-state index contributed by atoms with van der Waals surface area (Å²) in [6.07, 6.45) is 4.91. The van der Waals surface area contributed by atoms with Crippen molar-refractivity contribution in [3.8, 4) is 11.3 Å². The lowest BCUT2D eigenvalue weighted by Gasteiger charge is -2.16. The number of hydrogen-bond acceptors (Lipinski definition) is 2. The third kappa shape index (κ3) is 1.79. The van der Waals surface area contributed by atoms with Gasteiger partial charge in [-0.05, 0) is 42.9 Å². The summed E-state index contributed by atoms with van der Waals surface area (Å²) in [5.74, 6) is 0.452. The van der Waals surface area contributed by atoms with Crippen LogP contribution < -0.4 is 5.73 Å². The number of benzene rings is 1. The van der Waals surface area contributed by atoms with Gasteiger partial charge in [0.1, 0.15) is 10.8 Å². The van der Waals surface area contributed by atoms with Crippen LogP contribution in [0.15, 0.2) is 18.2 Å². The number of nitrogen functional groups attached to an aromatic ring is 1. The summed E-state index contributed by atoms with van der Waals surface area (Å²) in [6, 6.07) is 6.50. The van der Waals surface area contributed by atoms with Crippen molar-refractivity contribution in [3.63, 3.8) is 0 Å². The van der Waals surface area contributed by atoms with Crippen molar-refractivity contribution in [3.05, 3.63) is 34.5 Å². The van der Waals surface area contributed by atoms with Gasteiger partial charge in [-0.2, -0.15) is 0 Å². The molecule has 0 saturated heterocycles. The Bertz CT molecular complexity index is 601. The van der Waals surface area contributed by atoms with Gasteiger partial charge in [0.2, 0.25) is 5.95 Å². The van der Waals surface area contributed by atoms with Crippen molar-refractivity contribution >= 4 is 17.5 Å². The fourth-order valence-corrected chi connectivity index (χ4v) is 2.80. The number of halogens is 1. The zero-order valence-electron chi connectivity index (χ0n) is 10.4. The average molecular weight is 262 g/mol. The van der Waals surface area contributed by atoms with Crippen LogP contribution in [0, 0.1) is 0 Å². The number of aromatic nitrogens is 2. The topological polar surface area (TPSA) is 43.8 Å². The van der Waals surface area contributed by atoms with Gasteiger partial charge in [-0.3, -0.25) is 0 Å². The maximum atomic E-state index is 6.25. The van der Waals surface area contributed by atoms with E-state index in [0.29, 0.717) is 11.1 Å². The molecule has 0 spiro atoms. The van der Waals surface area contributed by atoms with E-state index in [1.807, 2.05) is 7.05 Å². The second-order valence-electron chi connectivity index (χ2n) is 4.86. The highest BCUT2D eigenvalue weighted by atomic mass is 35.5. The molecule has 2 N–H and O–H groups in total. The van der Waals surface area contributed by atoms with E-state index in [-0.39, 0.29) is 0 Å². The molecule has 4 heteroatoms. The van der Waals surface area contributed by atoms with Crippen LogP contribution in [0.2, 0.25) is 5.15 Å². The normalized spacial score (nSPS) is 14.6. The van der Waals surface area contributed by atoms with Crippen molar-refractivity contribution in [2.45, 2.75) is 25.7 Å². The fraction of sp³-hybridized carbons (Fsp3) is 0.357. The molecule has 0 amide bonds. The molecule has 0 radical (unpaired) electrons. The van der Waals surface area contributed by atoms with Crippen molar-refractivity contribution in [1.82, 2.24) is 9.55 Å². The number of imidazole rings is 1. The SMILES string of the molecule is Cn1c(N)nc(-c2ccc3c(c2)CCCC3)c1Cl. The van der Waals surface area contributed by atoms with E-state index in [4.69, 9.17) is 17.3 Å². The molecule has 3 rings (SSSR count). The van der Waals surface area contributed by atoms with Gasteiger partial charge in [0.25, 0.3) is 0 Å². The Morgan fingerprint density at radius 3 is 2.61 bits per heavy atom. The summed E-state index contributed by atoms with van der Waals surface area (Å²) >= 11 is 6.25. The molecule has 0 bridgehead atoms. The monoisotopic (exact) mass is 261 g/mol. The number of aryl methyl sites for hydroxylation is 2. The standard InChI is InChI=1S/C14H16ClN3/c1-18-13(15)12(17-14(18)16)11-7-6-9-4-2-3-5-10(9)8-11/h6-8H,2-5H2,1H3,(H2,16,17). The Morgan fingerprint density at radius 2 is 1.94 bits per heavy atom. The minimum absolute atomic E-state index is 0.452. The third-order valence-electron chi connectivity index (χ3n) is 3.68. The highest BCUT2D eigenvalue weighted by molar-refractivity contribution is 6.32. The van der Waals surface area contributed by atoms with Crippen LogP contribution in [0.25, 0.3) is 11.3 Å². The number of fused-ring (bicyclic) bond motifs is 1. The molecule has 1 aromatic carbocycles. The van der Waals surface area contributed by atoms with Crippen molar-refractivity contribution < 1.29 is 0 Å². The first-order chi connectivity index (χ1) is 8.66. The van der Waals surface area contributed by atoms with Crippen LogP contribution in [0.5, 0.6) is 0 Å². The van der Waals surface area contributed by atoms with Gasteiger partial charge in [0.05, 0.1) is 0 Å². The van der Waals surface area contributed by atoms with Crippen LogP contribution in [0.4, 0.5) is 5.95 Å². The molecule has 94 valence electrons. The van der Waals surface area contributed by atoms with Gasteiger partial charge < -0.3 is 10.3 Å². The van der Waals surface area contributed by atoms with Crippen molar-refractivity contribution in [2.24, 2.45) is 7.05 Å². The lowest BCUT2D eigenvalue weighted by atomic mass is 9.90. The number of anilines is 1. The molecule has 18 heavy (non-hydrogen) atoms. The minimum atomic E-state index is 0.452. The molecule has 0 atom stereocenters. The summed E-state index contributed by atoms with van der Waals surface area (Å²) < 4.78 is 1.70. The number of nitrogens with two attached hydrogens (primary N) is 1. The predicted octanol–water partition coefficient (Wildman–Crippen LogP) is 3.20. The largest absolute Gasteiger partial charge is 0.369 e. The number of nitrogens with zero attached hydrogens (tertiary/aromatic N) is 2. The van der Waals surface area contributed by atoms with E-state index in [9.17, 15) is 0 Å². The van der Waals surface area contributed by atoms with Crippen LogP contribution in [-0.4, -0.2) is 9.55 Å². The molecule has 1 heterocycles. The van der Waals surface area contributed by atoms with E-state index in [0.717, 1.165) is 17.7 Å². The van der Waals surface area contributed by atoms with Gasteiger partial charge >= 0.3 is 0 Å². The lowest BCUT2D eigenvalue weighted by molar-refractivity contribution is 0.686. The molecule has 3 nitrogen and oxygen atoms in total. The quantitative estimate of drug-likeness (QED) is 0.857. The van der Waals surface area contributed by atoms with Crippen molar-refractivity contribution in [1.29, 1.82) is 0 Å². The summed E-state index contributed by atoms with van der Waals surface area (Å²) in [6.45, 7) is 0. The fourth-order valence-electron chi connectivity index (χ4n) is 2.56. The second kappa shape index (κ2) is 4.32. The predicted molar refractivity (Wildman–Crippen MR) is 74.7 cm³/mol. The Kier molecular flexibility index (Phi) is 2.78. The van der Waals surface area contributed by atoms with E-state index < -0.39 is 0 Å². The first-order valence-electron chi connectivity index (χ1n) is 6.26. The highest BCUT2D eigenvalue weighted by Gasteiger charge is 2.15. The third-order valence-corrected chi connectivity index (χ3v) is 4.11. The molecular formula is C14H16ClN3. The molecule has 0 unspecified atom stereocenters. The van der Waals surface area contributed by atoms with E-state index in [2.05, 4.69) is 23.2 Å². The Labute approximate surface area is 112 Å². The molecular weight excluding hydrogens is 246 g/mol. The first-order valence-corrected chi connectivity index (χ1v) is 6.64. The zero-order valence-corrected chi connectivity index (χ0v) is 11.2. The zero-order chi connectivity index (χ0) is 12.7. The van der Waals surface area contributed by atoms with Gasteiger partial charge in [-0.1, -0.05) is 23.7 Å². The van der Waals surface area contributed by atoms with Gasteiger partial charge in [-0.25, -0.2) is 4.98 Å². The smallest absolute Gasteiger partial charge is 0.201 e. The van der Waals surface area contributed by atoms with Crippen LogP contribution in [-0.2, 0) is 19.9 Å². The molecule has 0 fully saturated rings. The summed E-state index contributed by atoms with van der Waals surface area (Å²) in [4.78, 5) is 4.34. The highest BCUT2D eigenvalue weighted by Crippen LogP contribution is 2.31. The van der Waals surface area contributed by atoms with E-state index in [1.165, 1.54) is 30.4 Å². The van der Waals surface area contributed by atoms with Gasteiger partial charge in [0, 0.05) is 12.6 Å². The molecule has 2 aromatic rings. The second-order valence-corrected chi connectivity index (χ2v) is 5.22. The Balaban J connectivity index is 2.09. The van der Waals surface area contributed by atoms with Crippen LogP contribution in [0.1, 0.15) is 24.0 Å². The van der Waals surface area contributed by atoms with Crippen LogP contribution in [0.3, 0.4) is 0 Å². The van der Waals surface area contributed by atoms with Crippen molar-refractivity contribution in [2.75, 3.05) is 5.73 Å². The summed E-state index contributed by atoms with van der Waals surface area (Å²) in [5, 5.41) is 0.600. The Morgan fingerprint density at radius 1 is 1.22 bits per heavy atom. The van der Waals surface area contributed by atoms with E-state index in [1.54, 1.807) is 4.57 Å². The first kappa shape index (κ1) is 11.6. The maximum absolute atomic E-state index is 6.25. The lowest BCUT2D eigenvalue weighted by Crippen LogP contribution is -2.02. The molecule has 1 aromatic heterocycles. The van der Waals surface area contributed by atoms with Gasteiger partial charge in [-0.15, -0.1) is 0 Å².